The fourth-order valence-electron chi connectivity index (χ4n) is 3.14. The van der Waals surface area contributed by atoms with Crippen molar-refractivity contribution in [3.05, 3.63) is 47.0 Å². The van der Waals surface area contributed by atoms with Gasteiger partial charge in [-0.3, -0.25) is 0 Å². The van der Waals surface area contributed by atoms with Crippen LogP contribution in [-0.2, 0) is 6.42 Å². The van der Waals surface area contributed by atoms with E-state index in [1.54, 1.807) is 0 Å². The van der Waals surface area contributed by atoms with Gasteiger partial charge in [-0.15, -0.1) is 0 Å². The minimum absolute atomic E-state index is 0.908. The van der Waals surface area contributed by atoms with Gasteiger partial charge in [-0.1, -0.05) is 76.0 Å². The Labute approximate surface area is 137 Å². The molecule has 0 bridgehead atoms. The number of unbranched alkanes of at least 4 members (excludes halogenated alkanes) is 2. The zero-order valence-electron chi connectivity index (χ0n) is 14.3. The fraction of sp³-hybridized carbons (Fsp3) is 0.545. The van der Waals surface area contributed by atoms with Crippen LogP contribution in [0.5, 0.6) is 0 Å². The van der Waals surface area contributed by atoms with E-state index in [0.717, 1.165) is 17.9 Å². The molecule has 0 spiro atoms. The largest absolute Gasteiger partial charge is 0.0726 e. The van der Waals surface area contributed by atoms with Gasteiger partial charge in [-0.2, -0.15) is 0 Å². The van der Waals surface area contributed by atoms with Crippen molar-refractivity contribution in [1.29, 1.82) is 0 Å². The predicted octanol–water partition coefficient (Wildman–Crippen LogP) is 6.30. The molecule has 0 heteroatoms. The molecule has 2 rings (SSSR count). The molecule has 0 saturated heterocycles. The van der Waals surface area contributed by atoms with E-state index >= 15 is 0 Å². The Morgan fingerprint density at radius 3 is 2.45 bits per heavy atom. The summed E-state index contributed by atoms with van der Waals surface area (Å²) in [5.41, 5.74) is 3.91. The molecule has 1 aromatic carbocycles. The second-order valence-corrected chi connectivity index (χ2v) is 6.56. The highest BCUT2D eigenvalue weighted by molar-refractivity contribution is 5.42. The fourth-order valence-corrected chi connectivity index (χ4v) is 3.14. The molecule has 1 atom stereocenters. The Morgan fingerprint density at radius 2 is 1.82 bits per heavy atom. The van der Waals surface area contributed by atoms with E-state index in [0.29, 0.717) is 0 Å². The van der Waals surface area contributed by atoms with Gasteiger partial charge in [0.05, 0.1) is 0 Å². The first-order valence-electron chi connectivity index (χ1n) is 9.11. The standard InChI is InChI=1S/C22H30/c1-3-5-6-8-20-11-15-22(16-12-20)18-17-21-13-9-19(7-4-2)10-14-21/h9-10,13-15,20H,3-8,11-12,16H2,1-2H3. The van der Waals surface area contributed by atoms with Gasteiger partial charge in [0.2, 0.25) is 0 Å². The third-order valence-electron chi connectivity index (χ3n) is 4.60. The summed E-state index contributed by atoms with van der Waals surface area (Å²) in [5, 5.41) is 0. The Kier molecular flexibility index (Phi) is 7.31. The van der Waals surface area contributed by atoms with Crippen molar-refractivity contribution in [2.45, 2.75) is 71.6 Å². The van der Waals surface area contributed by atoms with Crippen molar-refractivity contribution in [2.75, 3.05) is 0 Å². The summed E-state index contributed by atoms with van der Waals surface area (Å²) in [6, 6.07) is 8.75. The van der Waals surface area contributed by atoms with E-state index in [9.17, 15) is 0 Å². The Balaban J connectivity index is 1.84. The summed E-state index contributed by atoms with van der Waals surface area (Å²) in [4.78, 5) is 0. The third-order valence-corrected chi connectivity index (χ3v) is 4.60. The molecule has 0 aromatic heterocycles. The molecule has 1 aromatic rings. The van der Waals surface area contributed by atoms with Crippen LogP contribution in [0, 0.1) is 17.8 Å². The van der Waals surface area contributed by atoms with Gasteiger partial charge in [-0.05, 0) is 54.9 Å². The summed E-state index contributed by atoms with van der Waals surface area (Å²) in [5.74, 6) is 7.63. The molecule has 0 amide bonds. The molecule has 0 saturated carbocycles. The summed E-state index contributed by atoms with van der Waals surface area (Å²) < 4.78 is 0. The minimum Gasteiger partial charge on any atom is -0.0726 e. The number of aryl methyl sites for hydroxylation is 1. The molecule has 118 valence electrons. The number of allylic oxidation sites excluding steroid dienone is 2. The molecule has 0 heterocycles. The van der Waals surface area contributed by atoms with Crippen molar-refractivity contribution in [3.63, 3.8) is 0 Å². The summed E-state index contributed by atoms with van der Waals surface area (Å²) >= 11 is 0. The number of benzene rings is 1. The zero-order valence-corrected chi connectivity index (χ0v) is 14.3. The number of hydrogen-bond acceptors (Lipinski definition) is 0. The first-order valence-corrected chi connectivity index (χ1v) is 9.11. The molecule has 1 aliphatic rings. The maximum Gasteiger partial charge on any atom is 0.0249 e. The molecule has 22 heavy (non-hydrogen) atoms. The van der Waals surface area contributed by atoms with Crippen LogP contribution in [0.25, 0.3) is 0 Å². The van der Waals surface area contributed by atoms with Gasteiger partial charge in [0.25, 0.3) is 0 Å². The minimum atomic E-state index is 0.908. The quantitative estimate of drug-likeness (QED) is 0.427. The van der Waals surface area contributed by atoms with Crippen LogP contribution in [0.2, 0.25) is 0 Å². The molecule has 0 aliphatic heterocycles. The van der Waals surface area contributed by atoms with E-state index in [4.69, 9.17) is 0 Å². The topological polar surface area (TPSA) is 0 Å². The monoisotopic (exact) mass is 294 g/mol. The average Bonchev–Trinajstić information content (AvgIpc) is 2.56. The van der Waals surface area contributed by atoms with E-state index in [-0.39, 0.29) is 0 Å². The SMILES string of the molecule is CCCCCC1CC=C(C#Cc2ccc(CCC)cc2)CC1. The molecule has 0 fully saturated rings. The van der Waals surface area contributed by atoms with Crippen LogP contribution in [0.3, 0.4) is 0 Å². The summed E-state index contributed by atoms with van der Waals surface area (Å²) in [6.45, 7) is 4.50. The first-order chi connectivity index (χ1) is 10.8. The van der Waals surface area contributed by atoms with Crippen LogP contribution < -0.4 is 0 Å². The van der Waals surface area contributed by atoms with E-state index in [1.165, 1.54) is 62.5 Å². The molecule has 1 unspecified atom stereocenters. The van der Waals surface area contributed by atoms with E-state index in [2.05, 4.69) is 56.0 Å². The second-order valence-electron chi connectivity index (χ2n) is 6.56. The van der Waals surface area contributed by atoms with Crippen molar-refractivity contribution in [2.24, 2.45) is 5.92 Å². The lowest BCUT2D eigenvalue weighted by Gasteiger charge is -2.19. The highest BCUT2D eigenvalue weighted by atomic mass is 14.2. The molecule has 0 N–H and O–H groups in total. The van der Waals surface area contributed by atoms with Crippen LogP contribution in [0.15, 0.2) is 35.9 Å². The molecular formula is C22H30. The van der Waals surface area contributed by atoms with Crippen molar-refractivity contribution < 1.29 is 0 Å². The lowest BCUT2D eigenvalue weighted by molar-refractivity contribution is 0.420. The Morgan fingerprint density at radius 1 is 1.00 bits per heavy atom. The summed E-state index contributed by atoms with van der Waals surface area (Å²) in [7, 11) is 0. The van der Waals surface area contributed by atoms with Gasteiger partial charge in [0, 0.05) is 5.56 Å². The van der Waals surface area contributed by atoms with Crippen LogP contribution in [0.1, 0.15) is 76.3 Å². The van der Waals surface area contributed by atoms with Gasteiger partial charge < -0.3 is 0 Å². The highest BCUT2D eigenvalue weighted by Gasteiger charge is 2.12. The summed E-state index contributed by atoms with van der Waals surface area (Å²) in [6.07, 6.45) is 14.0. The highest BCUT2D eigenvalue weighted by Crippen LogP contribution is 2.27. The van der Waals surface area contributed by atoms with Crippen LogP contribution in [-0.4, -0.2) is 0 Å². The average molecular weight is 294 g/mol. The number of rotatable bonds is 6. The van der Waals surface area contributed by atoms with Crippen LogP contribution in [0.4, 0.5) is 0 Å². The predicted molar refractivity (Wildman–Crippen MR) is 96.9 cm³/mol. The Bertz CT molecular complexity index is 521. The lowest BCUT2D eigenvalue weighted by Crippen LogP contribution is -2.05. The maximum absolute atomic E-state index is 3.39. The molecule has 0 radical (unpaired) electrons. The second kappa shape index (κ2) is 9.52. The molecule has 1 aliphatic carbocycles. The lowest BCUT2D eigenvalue weighted by atomic mass is 9.86. The van der Waals surface area contributed by atoms with Crippen LogP contribution >= 0.6 is 0 Å². The van der Waals surface area contributed by atoms with Gasteiger partial charge in [0.15, 0.2) is 0 Å². The van der Waals surface area contributed by atoms with Gasteiger partial charge in [-0.25, -0.2) is 0 Å². The van der Waals surface area contributed by atoms with E-state index in [1.807, 2.05) is 0 Å². The normalized spacial score (nSPS) is 17.5. The first kappa shape index (κ1) is 16.9. The van der Waals surface area contributed by atoms with Crippen molar-refractivity contribution in [1.82, 2.24) is 0 Å². The smallest absolute Gasteiger partial charge is 0.0249 e. The zero-order chi connectivity index (χ0) is 15.6. The van der Waals surface area contributed by atoms with Crippen molar-refractivity contribution >= 4 is 0 Å². The van der Waals surface area contributed by atoms with Gasteiger partial charge >= 0.3 is 0 Å². The maximum atomic E-state index is 3.39. The third kappa shape index (κ3) is 5.72. The van der Waals surface area contributed by atoms with Gasteiger partial charge in [0.1, 0.15) is 0 Å². The van der Waals surface area contributed by atoms with Crippen molar-refractivity contribution in [3.8, 4) is 11.8 Å². The molecule has 0 nitrogen and oxygen atoms in total. The number of hydrogen-bond donors (Lipinski definition) is 0. The molecular weight excluding hydrogens is 264 g/mol. The Hall–Kier alpha value is -1.48. The van der Waals surface area contributed by atoms with E-state index < -0.39 is 0 Å².